The molecule has 1 aliphatic heterocycles. The van der Waals surface area contributed by atoms with E-state index in [0.29, 0.717) is 24.1 Å². The number of alkyl halides is 3. The lowest BCUT2D eigenvalue weighted by Gasteiger charge is -2.26. The number of carbonyl (C=O) groups is 3. The van der Waals surface area contributed by atoms with E-state index in [9.17, 15) is 32.8 Å². The van der Waals surface area contributed by atoms with E-state index in [0.717, 1.165) is 0 Å². The highest BCUT2D eigenvalue weighted by molar-refractivity contribution is 6.06. The summed E-state index contributed by atoms with van der Waals surface area (Å²) in [6.45, 7) is 9.44. The molecule has 1 aliphatic rings. The van der Waals surface area contributed by atoms with E-state index in [2.05, 4.69) is 15.6 Å². The summed E-state index contributed by atoms with van der Waals surface area (Å²) in [5.41, 5.74) is -0.808. The summed E-state index contributed by atoms with van der Waals surface area (Å²) in [6, 6.07) is 2.51. The summed E-state index contributed by atoms with van der Waals surface area (Å²) in [4.78, 5) is 41.4. The highest BCUT2D eigenvalue weighted by atomic mass is 19.4. The molecule has 0 aliphatic carbocycles. The molecule has 1 saturated heterocycles. The van der Waals surface area contributed by atoms with Crippen LogP contribution >= 0.6 is 0 Å². The van der Waals surface area contributed by atoms with Gasteiger partial charge < -0.3 is 20.4 Å². The van der Waals surface area contributed by atoms with Crippen molar-refractivity contribution in [3.8, 4) is 11.8 Å². The molecule has 11 heteroatoms. The summed E-state index contributed by atoms with van der Waals surface area (Å²) in [7, 11) is 1.27. The van der Waals surface area contributed by atoms with Gasteiger partial charge in [-0.15, -0.1) is 0 Å². The van der Waals surface area contributed by atoms with Crippen molar-refractivity contribution in [3.63, 3.8) is 0 Å². The average Bonchev–Trinajstić information content (AvgIpc) is 3.43. The first kappa shape index (κ1) is 30.0. The van der Waals surface area contributed by atoms with Gasteiger partial charge in [0, 0.05) is 24.8 Å². The summed E-state index contributed by atoms with van der Waals surface area (Å²) in [6.07, 6.45) is -4.52. The van der Waals surface area contributed by atoms with Crippen molar-refractivity contribution >= 4 is 28.5 Å². The minimum atomic E-state index is -4.87. The molecular formula is C28H35F3N4O4. The average molecular weight is 549 g/mol. The predicted octanol–water partition coefficient (Wildman–Crippen LogP) is 4.97. The Balaban J connectivity index is 1.97. The number of halogens is 3. The highest BCUT2D eigenvalue weighted by Crippen LogP contribution is 2.44. The number of aromatic amines is 1. The second-order valence-electron chi connectivity index (χ2n) is 11.4. The van der Waals surface area contributed by atoms with Gasteiger partial charge in [0.15, 0.2) is 5.78 Å². The lowest BCUT2D eigenvalue weighted by Crippen LogP contribution is -2.41. The van der Waals surface area contributed by atoms with Crippen LogP contribution in [0.1, 0.15) is 73.6 Å². The van der Waals surface area contributed by atoms with Gasteiger partial charge in [-0.05, 0) is 55.7 Å². The number of aromatic nitrogens is 1. The molecule has 3 rings (SSSR count). The van der Waals surface area contributed by atoms with Gasteiger partial charge in [-0.1, -0.05) is 20.8 Å². The molecule has 0 unspecified atom stereocenters. The zero-order chi connectivity index (χ0) is 29.3. The second-order valence-corrected chi connectivity index (χ2v) is 11.4. The standard InChI is InChI=1S/C28H35F3N4O4/c1-14-9-20(39-6)21-22(28(29,30)31)24(35-23(21)15(14)2)19(36)11-17(12-27(3,4)5)26(38)34-18(13-32)10-16-7-8-33-25(16)37/h9,16-18,35H,7-8,10-12H2,1-6H3,(H,33,37)(H,34,38)/t16-,17-,18-/m0/s1. The number of hydrogen-bond acceptors (Lipinski definition) is 5. The number of Topliss-reactive ketones (excluding diaryl/α,β-unsaturated/α-hetero) is 1. The minimum absolute atomic E-state index is 0.00692. The molecule has 1 aromatic heterocycles. The maximum absolute atomic E-state index is 14.4. The van der Waals surface area contributed by atoms with Crippen molar-refractivity contribution in [2.24, 2.45) is 17.3 Å². The number of carbonyl (C=O) groups excluding carboxylic acids is 3. The first-order valence-electron chi connectivity index (χ1n) is 12.8. The fourth-order valence-electron chi connectivity index (χ4n) is 5.17. The largest absolute Gasteiger partial charge is 0.496 e. The van der Waals surface area contributed by atoms with Gasteiger partial charge in [-0.3, -0.25) is 14.4 Å². The van der Waals surface area contributed by atoms with Crippen LogP contribution in [-0.4, -0.2) is 42.3 Å². The maximum atomic E-state index is 14.4. The quantitative estimate of drug-likeness (QED) is 0.382. The number of rotatable bonds is 9. The van der Waals surface area contributed by atoms with Crippen molar-refractivity contribution in [1.82, 2.24) is 15.6 Å². The van der Waals surface area contributed by atoms with Crippen LogP contribution in [0.15, 0.2) is 6.07 Å². The lowest BCUT2D eigenvalue weighted by atomic mass is 9.81. The zero-order valence-electron chi connectivity index (χ0n) is 23.1. The summed E-state index contributed by atoms with van der Waals surface area (Å²) < 4.78 is 48.3. The number of nitriles is 1. The minimum Gasteiger partial charge on any atom is -0.496 e. The second kappa shape index (κ2) is 11.3. The Bertz CT molecular complexity index is 1320. The molecule has 0 radical (unpaired) electrons. The lowest BCUT2D eigenvalue weighted by molar-refractivity contribution is -0.136. The van der Waals surface area contributed by atoms with E-state index < -0.39 is 58.8 Å². The number of ether oxygens (including phenoxy) is 1. The molecule has 2 aromatic rings. The van der Waals surface area contributed by atoms with Gasteiger partial charge in [0.2, 0.25) is 11.8 Å². The Morgan fingerprint density at radius 3 is 2.44 bits per heavy atom. The number of benzene rings is 1. The van der Waals surface area contributed by atoms with Crippen LogP contribution in [0.4, 0.5) is 13.2 Å². The van der Waals surface area contributed by atoms with Crippen molar-refractivity contribution in [1.29, 1.82) is 5.26 Å². The fraction of sp³-hybridized carbons (Fsp3) is 0.571. The number of ketones is 1. The van der Waals surface area contributed by atoms with Gasteiger partial charge in [0.1, 0.15) is 11.8 Å². The highest BCUT2D eigenvalue weighted by Gasteiger charge is 2.42. The number of aryl methyl sites for hydroxylation is 2. The third kappa shape index (κ3) is 6.72. The van der Waals surface area contributed by atoms with Crippen LogP contribution in [-0.2, 0) is 15.8 Å². The fourth-order valence-corrected chi connectivity index (χ4v) is 5.17. The SMILES string of the molecule is COc1cc(C)c(C)c2[nH]c(C(=O)C[C@@H](CC(C)(C)C)C(=O)N[C@H](C#N)C[C@@H]3CCNC3=O)c(C(F)(F)F)c12. The van der Waals surface area contributed by atoms with E-state index in [1.165, 1.54) is 13.2 Å². The third-order valence-electron chi connectivity index (χ3n) is 7.16. The third-order valence-corrected chi connectivity index (χ3v) is 7.16. The molecule has 1 fully saturated rings. The van der Waals surface area contributed by atoms with E-state index in [-0.39, 0.29) is 35.4 Å². The zero-order valence-corrected chi connectivity index (χ0v) is 23.1. The Morgan fingerprint density at radius 2 is 1.92 bits per heavy atom. The molecule has 2 heterocycles. The molecule has 0 bridgehead atoms. The van der Waals surface area contributed by atoms with Crippen LogP contribution in [0.25, 0.3) is 10.9 Å². The molecule has 3 atom stereocenters. The molecule has 8 nitrogen and oxygen atoms in total. The van der Waals surface area contributed by atoms with Gasteiger partial charge in [-0.25, -0.2) is 0 Å². The van der Waals surface area contributed by atoms with Crippen LogP contribution in [0.2, 0.25) is 0 Å². The molecule has 39 heavy (non-hydrogen) atoms. The van der Waals surface area contributed by atoms with Crippen molar-refractivity contribution < 1.29 is 32.3 Å². The Morgan fingerprint density at radius 1 is 1.26 bits per heavy atom. The normalized spacial score (nSPS) is 17.4. The molecule has 3 N–H and O–H groups in total. The molecule has 0 saturated carbocycles. The first-order chi connectivity index (χ1) is 18.1. The Labute approximate surface area is 225 Å². The van der Waals surface area contributed by atoms with E-state index >= 15 is 0 Å². The van der Waals surface area contributed by atoms with Crippen LogP contribution in [0.5, 0.6) is 5.75 Å². The van der Waals surface area contributed by atoms with Gasteiger partial charge >= 0.3 is 6.18 Å². The number of methoxy groups -OCH3 is 1. The topological polar surface area (TPSA) is 124 Å². The van der Waals surface area contributed by atoms with Crippen LogP contribution in [0, 0.1) is 42.4 Å². The van der Waals surface area contributed by atoms with Crippen molar-refractivity contribution in [2.45, 2.75) is 72.5 Å². The molecular weight excluding hydrogens is 513 g/mol. The number of hydrogen-bond donors (Lipinski definition) is 3. The Hall–Kier alpha value is -3.55. The molecule has 212 valence electrons. The van der Waals surface area contributed by atoms with E-state index in [4.69, 9.17) is 4.74 Å². The summed E-state index contributed by atoms with van der Waals surface area (Å²) in [5, 5.41) is 14.7. The Kier molecular flexibility index (Phi) is 8.68. The summed E-state index contributed by atoms with van der Waals surface area (Å²) in [5.74, 6) is -3.09. The van der Waals surface area contributed by atoms with Gasteiger partial charge in [-0.2, -0.15) is 18.4 Å². The predicted molar refractivity (Wildman–Crippen MR) is 139 cm³/mol. The number of fused-ring (bicyclic) bond motifs is 1. The van der Waals surface area contributed by atoms with E-state index in [1.54, 1.807) is 13.8 Å². The van der Waals surface area contributed by atoms with Crippen LogP contribution in [0.3, 0.4) is 0 Å². The molecule has 0 spiro atoms. The van der Waals surface area contributed by atoms with Crippen LogP contribution < -0.4 is 15.4 Å². The number of nitrogens with zero attached hydrogens (tertiary/aromatic N) is 1. The van der Waals surface area contributed by atoms with Gasteiger partial charge in [0.25, 0.3) is 0 Å². The van der Waals surface area contributed by atoms with Gasteiger partial charge in [0.05, 0.1) is 35.3 Å². The first-order valence-corrected chi connectivity index (χ1v) is 12.8. The van der Waals surface area contributed by atoms with Crippen molar-refractivity contribution in [3.05, 3.63) is 28.5 Å². The number of H-pyrrole nitrogens is 1. The van der Waals surface area contributed by atoms with E-state index in [1.807, 2.05) is 26.8 Å². The monoisotopic (exact) mass is 548 g/mol. The summed E-state index contributed by atoms with van der Waals surface area (Å²) >= 11 is 0. The molecule has 2 amide bonds. The van der Waals surface area contributed by atoms with Crippen molar-refractivity contribution in [2.75, 3.05) is 13.7 Å². The smallest absolute Gasteiger partial charge is 0.419 e. The maximum Gasteiger partial charge on any atom is 0.419 e. The number of amides is 2. The molecule has 1 aromatic carbocycles. The number of nitrogens with one attached hydrogen (secondary N) is 3.